The number of aromatic nitrogens is 1. The molecule has 0 unspecified atom stereocenters. The third-order valence-electron chi connectivity index (χ3n) is 3.94. The molecule has 1 aliphatic carbocycles. The molecule has 6 heteroatoms. The van der Waals surface area contributed by atoms with Gasteiger partial charge in [0.2, 0.25) is 5.91 Å². The molecule has 0 bridgehead atoms. The normalized spacial score (nSPS) is 14.0. The second-order valence-electron chi connectivity index (χ2n) is 6.31. The molecule has 1 aromatic heterocycles. The van der Waals surface area contributed by atoms with Crippen molar-refractivity contribution in [3.05, 3.63) is 45.4 Å². The smallest absolute Gasteiger partial charge is 0.226 e. The molecule has 4 nitrogen and oxygen atoms in total. The average Bonchev–Trinajstić information content (AvgIpc) is 3.31. The van der Waals surface area contributed by atoms with Crippen molar-refractivity contribution >= 4 is 28.8 Å². The number of hydrogen-bond acceptors (Lipinski definition) is 4. The summed E-state index contributed by atoms with van der Waals surface area (Å²) in [5, 5.41) is 3.60. The number of nitrogens with zero attached hydrogens (tertiary/aromatic N) is 2. The van der Waals surface area contributed by atoms with Crippen LogP contribution in [0.15, 0.2) is 29.6 Å². The van der Waals surface area contributed by atoms with Crippen molar-refractivity contribution in [3.8, 4) is 5.75 Å². The van der Waals surface area contributed by atoms with E-state index in [1.165, 1.54) is 0 Å². The standard InChI is InChI=1S/C18H21ClN2O2S/c1-12(2)21(18(22)13-3-4-13)9-15-11-24-17(20-15)10-23-16-7-5-14(19)6-8-16/h5-8,11-13H,3-4,9-10H2,1-2H3. The van der Waals surface area contributed by atoms with E-state index in [1.54, 1.807) is 23.5 Å². The van der Waals surface area contributed by atoms with E-state index in [1.807, 2.05) is 22.4 Å². The zero-order valence-corrected chi connectivity index (χ0v) is 15.4. The Labute approximate surface area is 151 Å². The number of hydrogen-bond donors (Lipinski definition) is 0. The van der Waals surface area contributed by atoms with Crippen LogP contribution in [-0.4, -0.2) is 21.8 Å². The summed E-state index contributed by atoms with van der Waals surface area (Å²) in [7, 11) is 0. The van der Waals surface area contributed by atoms with E-state index in [0.29, 0.717) is 18.2 Å². The molecule has 0 atom stereocenters. The van der Waals surface area contributed by atoms with Crippen LogP contribution in [0, 0.1) is 5.92 Å². The molecular weight excluding hydrogens is 344 g/mol. The summed E-state index contributed by atoms with van der Waals surface area (Å²) >= 11 is 7.42. The van der Waals surface area contributed by atoms with E-state index in [-0.39, 0.29) is 17.9 Å². The Hall–Kier alpha value is -1.59. The second kappa shape index (κ2) is 7.53. The van der Waals surface area contributed by atoms with Crippen LogP contribution in [0.2, 0.25) is 5.02 Å². The summed E-state index contributed by atoms with van der Waals surface area (Å²) in [6, 6.07) is 7.47. The van der Waals surface area contributed by atoms with Gasteiger partial charge in [-0.3, -0.25) is 4.79 Å². The lowest BCUT2D eigenvalue weighted by Gasteiger charge is -2.26. The van der Waals surface area contributed by atoms with E-state index in [0.717, 1.165) is 29.3 Å². The van der Waals surface area contributed by atoms with Gasteiger partial charge >= 0.3 is 0 Å². The predicted octanol–water partition coefficient (Wildman–Crippen LogP) is 4.52. The van der Waals surface area contributed by atoms with Crippen LogP contribution in [0.4, 0.5) is 0 Å². The number of benzene rings is 1. The van der Waals surface area contributed by atoms with E-state index < -0.39 is 0 Å². The Morgan fingerprint density at radius 2 is 2.08 bits per heavy atom. The van der Waals surface area contributed by atoms with Crippen molar-refractivity contribution in [2.75, 3.05) is 0 Å². The highest BCUT2D eigenvalue weighted by Crippen LogP contribution is 2.32. The number of amides is 1. The fourth-order valence-corrected chi connectivity index (χ4v) is 3.24. The Kier molecular flexibility index (Phi) is 5.41. The summed E-state index contributed by atoms with van der Waals surface area (Å²) < 4.78 is 5.72. The number of halogens is 1. The lowest BCUT2D eigenvalue weighted by atomic mass is 10.2. The minimum absolute atomic E-state index is 0.188. The number of thiazole rings is 1. The first kappa shape index (κ1) is 17.2. The maximum Gasteiger partial charge on any atom is 0.226 e. The lowest BCUT2D eigenvalue weighted by molar-refractivity contribution is -0.135. The van der Waals surface area contributed by atoms with Crippen LogP contribution in [0.5, 0.6) is 5.75 Å². The van der Waals surface area contributed by atoms with Gasteiger partial charge in [-0.1, -0.05) is 11.6 Å². The molecular formula is C18H21ClN2O2S. The van der Waals surface area contributed by atoms with Gasteiger partial charge in [0.1, 0.15) is 17.4 Å². The minimum atomic E-state index is 0.188. The molecule has 1 saturated carbocycles. The monoisotopic (exact) mass is 364 g/mol. The summed E-state index contributed by atoms with van der Waals surface area (Å²) in [4.78, 5) is 18.9. The van der Waals surface area contributed by atoms with Gasteiger partial charge in [0.25, 0.3) is 0 Å². The highest BCUT2D eigenvalue weighted by molar-refractivity contribution is 7.09. The molecule has 0 radical (unpaired) electrons. The fourth-order valence-electron chi connectivity index (χ4n) is 2.42. The Morgan fingerprint density at radius 3 is 2.71 bits per heavy atom. The maximum absolute atomic E-state index is 12.4. The van der Waals surface area contributed by atoms with Crippen LogP contribution >= 0.6 is 22.9 Å². The number of rotatable bonds is 7. The molecule has 1 amide bonds. The molecule has 0 N–H and O–H groups in total. The second-order valence-corrected chi connectivity index (χ2v) is 7.69. The van der Waals surface area contributed by atoms with Crippen LogP contribution in [0.3, 0.4) is 0 Å². The van der Waals surface area contributed by atoms with Gasteiger partial charge in [-0.15, -0.1) is 11.3 Å². The number of ether oxygens (including phenoxy) is 1. The minimum Gasteiger partial charge on any atom is -0.486 e. The van der Waals surface area contributed by atoms with Crippen molar-refractivity contribution < 1.29 is 9.53 Å². The van der Waals surface area contributed by atoms with Crippen LogP contribution in [-0.2, 0) is 17.9 Å². The first-order valence-electron chi connectivity index (χ1n) is 8.15. The quantitative estimate of drug-likeness (QED) is 0.725. The van der Waals surface area contributed by atoms with Crippen molar-refractivity contribution in [2.45, 2.75) is 45.9 Å². The first-order chi connectivity index (χ1) is 11.5. The molecule has 128 valence electrons. The van der Waals surface area contributed by atoms with Gasteiger partial charge < -0.3 is 9.64 Å². The largest absolute Gasteiger partial charge is 0.486 e. The molecule has 3 rings (SSSR count). The summed E-state index contributed by atoms with van der Waals surface area (Å²) in [6.07, 6.45) is 2.05. The highest BCUT2D eigenvalue weighted by atomic mass is 35.5. The van der Waals surface area contributed by atoms with Gasteiger partial charge in [-0.25, -0.2) is 4.98 Å². The van der Waals surface area contributed by atoms with E-state index in [4.69, 9.17) is 16.3 Å². The molecule has 24 heavy (non-hydrogen) atoms. The molecule has 0 saturated heterocycles. The van der Waals surface area contributed by atoms with E-state index >= 15 is 0 Å². The fraction of sp³-hybridized carbons (Fsp3) is 0.444. The predicted molar refractivity (Wildman–Crippen MR) is 96.3 cm³/mol. The number of carbonyl (C=O) groups excluding carboxylic acids is 1. The van der Waals surface area contributed by atoms with Crippen LogP contribution < -0.4 is 4.74 Å². The first-order valence-corrected chi connectivity index (χ1v) is 9.41. The van der Waals surface area contributed by atoms with Crippen LogP contribution in [0.25, 0.3) is 0 Å². The van der Waals surface area contributed by atoms with Crippen molar-refractivity contribution in [1.29, 1.82) is 0 Å². The lowest BCUT2D eigenvalue weighted by Crippen LogP contribution is -2.37. The van der Waals surface area contributed by atoms with Gasteiger partial charge in [-0.05, 0) is 51.0 Å². The summed E-state index contributed by atoms with van der Waals surface area (Å²) in [5.41, 5.74) is 0.928. The zero-order valence-electron chi connectivity index (χ0n) is 13.9. The Bertz CT molecular complexity index is 695. The Balaban J connectivity index is 1.57. The Morgan fingerprint density at radius 1 is 1.38 bits per heavy atom. The molecule has 0 aliphatic heterocycles. The van der Waals surface area contributed by atoms with Gasteiger partial charge in [0.15, 0.2) is 0 Å². The summed E-state index contributed by atoms with van der Waals surface area (Å²) in [6.45, 7) is 5.10. The molecule has 1 fully saturated rings. The van der Waals surface area contributed by atoms with Crippen LogP contribution in [0.1, 0.15) is 37.4 Å². The van der Waals surface area contributed by atoms with Gasteiger partial charge in [0, 0.05) is 22.4 Å². The summed E-state index contributed by atoms with van der Waals surface area (Å²) in [5.74, 6) is 1.26. The SMILES string of the molecule is CC(C)N(Cc1csc(COc2ccc(Cl)cc2)n1)C(=O)C1CC1. The molecule has 1 aliphatic rings. The van der Waals surface area contributed by atoms with E-state index in [9.17, 15) is 4.79 Å². The third kappa shape index (κ3) is 4.48. The van der Waals surface area contributed by atoms with Gasteiger partial charge in [-0.2, -0.15) is 0 Å². The van der Waals surface area contributed by atoms with Crippen molar-refractivity contribution in [1.82, 2.24) is 9.88 Å². The molecule has 0 spiro atoms. The topological polar surface area (TPSA) is 42.4 Å². The molecule has 1 heterocycles. The maximum atomic E-state index is 12.4. The molecule has 2 aromatic rings. The molecule has 1 aromatic carbocycles. The zero-order chi connectivity index (χ0) is 17.1. The van der Waals surface area contributed by atoms with Gasteiger partial charge in [0.05, 0.1) is 12.2 Å². The highest BCUT2D eigenvalue weighted by Gasteiger charge is 2.34. The third-order valence-corrected chi connectivity index (χ3v) is 5.06. The van der Waals surface area contributed by atoms with E-state index in [2.05, 4.69) is 18.8 Å². The van der Waals surface area contributed by atoms with Crippen molar-refractivity contribution in [3.63, 3.8) is 0 Å². The van der Waals surface area contributed by atoms with Crippen molar-refractivity contribution in [2.24, 2.45) is 5.92 Å². The number of carbonyl (C=O) groups is 1. The average molecular weight is 365 g/mol.